The van der Waals surface area contributed by atoms with E-state index in [1.807, 2.05) is 60.3 Å². The van der Waals surface area contributed by atoms with Gasteiger partial charge in [-0.1, -0.05) is 42.5 Å². The number of nitrogens with one attached hydrogen (secondary N) is 1. The summed E-state index contributed by atoms with van der Waals surface area (Å²) in [5, 5.41) is 8.53. The number of nitrogens with zero attached hydrogens (tertiary/aromatic N) is 3. The monoisotopic (exact) mass is 375 g/mol. The Morgan fingerprint density at radius 3 is 2.57 bits per heavy atom. The number of carbonyl (C=O) groups is 2. The van der Waals surface area contributed by atoms with Crippen LogP contribution in [0.5, 0.6) is 0 Å². The molecule has 0 aliphatic rings. The van der Waals surface area contributed by atoms with Gasteiger partial charge in [-0.2, -0.15) is 10.2 Å². The van der Waals surface area contributed by atoms with Gasteiger partial charge >= 0.3 is 11.8 Å². The Hall–Kier alpha value is -3.74. The molecule has 3 N–H and O–H groups in total. The van der Waals surface area contributed by atoms with E-state index < -0.39 is 11.8 Å². The lowest BCUT2D eigenvalue weighted by Gasteiger charge is -2.04. The van der Waals surface area contributed by atoms with Gasteiger partial charge in [-0.3, -0.25) is 14.3 Å². The maximum Gasteiger partial charge on any atom is 0.329 e. The Labute approximate surface area is 162 Å². The quantitative estimate of drug-likeness (QED) is 0.406. The SMILES string of the molecule is Cc1ccc(-c2nn(Cc3ccccc3)cc2/C=N\NC(=O)C(N)=O)cc1C. The van der Waals surface area contributed by atoms with Gasteiger partial charge in [0.05, 0.1) is 12.8 Å². The van der Waals surface area contributed by atoms with E-state index in [4.69, 9.17) is 10.8 Å². The molecule has 0 saturated carbocycles. The third-order valence-corrected chi connectivity index (χ3v) is 4.35. The lowest BCUT2D eigenvalue weighted by molar-refractivity contribution is -0.137. The smallest absolute Gasteiger partial charge is 0.329 e. The standard InChI is InChI=1S/C21H21N5O2/c1-14-8-9-17(10-15(14)2)19-18(11-23-24-21(28)20(22)27)13-26(25-19)12-16-6-4-3-5-7-16/h3-11,13H,12H2,1-2H3,(H2,22,27)(H,24,28)/b23-11-. The van der Waals surface area contributed by atoms with Crippen LogP contribution in [0.15, 0.2) is 59.8 Å². The second kappa shape index (κ2) is 8.30. The molecule has 3 rings (SSSR count). The summed E-state index contributed by atoms with van der Waals surface area (Å²) in [6.07, 6.45) is 3.30. The molecule has 0 bridgehead atoms. The number of rotatable bonds is 5. The number of primary amides is 1. The van der Waals surface area contributed by atoms with Gasteiger partial charge in [0.15, 0.2) is 0 Å². The van der Waals surface area contributed by atoms with Gasteiger partial charge in [-0.15, -0.1) is 0 Å². The number of hydrogen-bond donors (Lipinski definition) is 2. The summed E-state index contributed by atoms with van der Waals surface area (Å²) in [5.41, 5.74) is 12.9. The third-order valence-electron chi connectivity index (χ3n) is 4.35. The summed E-state index contributed by atoms with van der Waals surface area (Å²) >= 11 is 0. The molecule has 142 valence electrons. The fraction of sp³-hybridized carbons (Fsp3) is 0.143. The highest BCUT2D eigenvalue weighted by Crippen LogP contribution is 2.24. The van der Waals surface area contributed by atoms with Crippen molar-refractivity contribution in [3.63, 3.8) is 0 Å². The zero-order valence-corrected chi connectivity index (χ0v) is 15.7. The molecule has 0 aliphatic carbocycles. The molecule has 2 amide bonds. The van der Waals surface area contributed by atoms with Crippen LogP contribution < -0.4 is 11.2 Å². The number of aromatic nitrogens is 2. The van der Waals surface area contributed by atoms with Crippen LogP contribution in [0.1, 0.15) is 22.3 Å². The topological polar surface area (TPSA) is 102 Å². The van der Waals surface area contributed by atoms with E-state index in [1.54, 1.807) is 0 Å². The lowest BCUT2D eigenvalue weighted by Crippen LogP contribution is -2.32. The highest BCUT2D eigenvalue weighted by molar-refractivity contribution is 6.34. The first-order chi connectivity index (χ1) is 13.4. The Balaban J connectivity index is 1.95. The first-order valence-corrected chi connectivity index (χ1v) is 8.76. The van der Waals surface area contributed by atoms with Gasteiger partial charge in [-0.05, 0) is 36.6 Å². The summed E-state index contributed by atoms with van der Waals surface area (Å²) in [5.74, 6) is -2.06. The first-order valence-electron chi connectivity index (χ1n) is 8.76. The molecule has 0 unspecified atom stereocenters. The molecule has 2 aromatic carbocycles. The van der Waals surface area contributed by atoms with Crippen molar-refractivity contribution in [1.29, 1.82) is 0 Å². The maximum absolute atomic E-state index is 11.3. The summed E-state index contributed by atoms with van der Waals surface area (Å²) < 4.78 is 1.82. The Morgan fingerprint density at radius 2 is 1.89 bits per heavy atom. The van der Waals surface area contributed by atoms with Crippen molar-refractivity contribution in [3.05, 3.63) is 77.0 Å². The largest absolute Gasteiger partial charge is 0.361 e. The molecule has 0 fully saturated rings. The number of carbonyl (C=O) groups excluding carboxylic acids is 2. The summed E-state index contributed by atoms with van der Waals surface area (Å²) in [6.45, 7) is 4.69. The summed E-state index contributed by atoms with van der Waals surface area (Å²) in [7, 11) is 0. The normalized spacial score (nSPS) is 10.9. The van der Waals surface area contributed by atoms with E-state index in [-0.39, 0.29) is 0 Å². The van der Waals surface area contributed by atoms with Gasteiger partial charge in [0.1, 0.15) is 5.69 Å². The van der Waals surface area contributed by atoms with Crippen LogP contribution in [0.4, 0.5) is 0 Å². The van der Waals surface area contributed by atoms with E-state index in [0.717, 1.165) is 22.4 Å². The molecule has 0 atom stereocenters. The van der Waals surface area contributed by atoms with E-state index in [2.05, 4.69) is 23.5 Å². The number of aryl methyl sites for hydroxylation is 2. The number of hydrogen-bond acceptors (Lipinski definition) is 4. The maximum atomic E-state index is 11.3. The van der Waals surface area contributed by atoms with Gasteiger partial charge in [0, 0.05) is 17.3 Å². The van der Waals surface area contributed by atoms with Crippen molar-refractivity contribution < 1.29 is 9.59 Å². The number of amides is 2. The highest BCUT2D eigenvalue weighted by atomic mass is 16.2. The van der Waals surface area contributed by atoms with Gasteiger partial charge < -0.3 is 5.73 Å². The second-order valence-electron chi connectivity index (χ2n) is 6.48. The van der Waals surface area contributed by atoms with E-state index in [1.165, 1.54) is 11.8 Å². The Morgan fingerprint density at radius 1 is 1.14 bits per heavy atom. The molecule has 1 heterocycles. The average molecular weight is 375 g/mol. The molecule has 0 aliphatic heterocycles. The molecule has 1 aromatic heterocycles. The Bertz CT molecular complexity index is 1040. The average Bonchev–Trinajstić information content (AvgIpc) is 3.07. The molecule has 7 nitrogen and oxygen atoms in total. The highest BCUT2D eigenvalue weighted by Gasteiger charge is 2.12. The zero-order valence-electron chi connectivity index (χ0n) is 15.7. The molecule has 0 radical (unpaired) electrons. The van der Waals surface area contributed by atoms with Crippen molar-refractivity contribution in [2.75, 3.05) is 0 Å². The predicted molar refractivity (Wildman–Crippen MR) is 108 cm³/mol. The molecular weight excluding hydrogens is 354 g/mol. The van der Waals surface area contributed by atoms with E-state index in [0.29, 0.717) is 12.1 Å². The van der Waals surface area contributed by atoms with E-state index in [9.17, 15) is 9.59 Å². The van der Waals surface area contributed by atoms with Crippen LogP contribution in [-0.4, -0.2) is 27.8 Å². The van der Waals surface area contributed by atoms with Gasteiger partial charge in [0.25, 0.3) is 0 Å². The summed E-state index contributed by atoms with van der Waals surface area (Å²) in [6, 6.07) is 16.1. The van der Waals surface area contributed by atoms with Crippen molar-refractivity contribution in [1.82, 2.24) is 15.2 Å². The van der Waals surface area contributed by atoms with Crippen molar-refractivity contribution in [2.24, 2.45) is 10.8 Å². The minimum atomic E-state index is -1.09. The van der Waals surface area contributed by atoms with Crippen LogP contribution in [0.25, 0.3) is 11.3 Å². The minimum Gasteiger partial charge on any atom is -0.361 e. The van der Waals surface area contributed by atoms with Crippen LogP contribution in [-0.2, 0) is 16.1 Å². The summed E-state index contributed by atoms with van der Waals surface area (Å²) in [4.78, 5) is 22.1. The fourth-order valence-electron chi connectivity index (χ4n) is 2.71. The lowest BCUT2D eigenvalue weighted by atomic mass is 10.0. The Kier molecular flexibility index (Phi) is 5.64. The molecular formula is C21H21N5O2. The van der Waals surface area contributed by atoms with Crippen LogP contribution >= 0.6 is 0 Å². The third kappa shape index (κ3) is 4.50. The minimum absolute atomic E-state index is 0.597. The molecule has 0 saturated heterocycles. The number of nitrogens with two attached hydrogens (primary N) is 1. The fourth-order valence-corrected chi connectivity index (χ4v) is 2.71. The van der Waals surface area contributed by atoms with Gasteiger partial charge in [-0.25, -0.2) is 5.43 Å². The predicted octanol–water partition coefficient (Wildman–Crippen LogP) is 2.15. The molecule has 0 spiro atoms. The van der Waals surface area contributed by atoms with Gasteiger partial charge in [0.2, 0.25) is 0 Å². The van der Waals surface area contributed by atoms with Crippen LogP contribution in [0.3, 0.4) is 0 Å². The molecule has 7 heteroatoms. The number of hydrazone groups is 1. The first kappa shape index (κ1) is 19.0. The van der Waals surface area contributed by atoms with Crippen molar-refractivity contribution >= 4 is 18.0 Å². The van der Waals surface area contributed by atoms with Crippen molar-refractivity contribution in [3.8, 4) is 11.3 Å². The van der Waals surface area contributed by atoms with Crippen LogP contribution in [0, 0.1) is 13.8 Å². The molecule has 28 heavy (non-hydrogen) atoms. The number of benzene rings is 2. The van der Waals surface area contributed by atoms with Crippen LogP contribution in [0.2, 0.25) is 0 Å². The zero-order chi connectivity index (χ0) is 20.1. The second-order valence-corrected chi connectivity index (χ2v) is 6.48. The van der Waals surface area contributed by atoms with Crippen molar-refractivity contribution in [2.45, 2.75) is 20.4 Å². The van der Waals surface area contributed by atoms with E-state index >= 15 is 0 Å². The molecule has 3 aromatic rings.